The maximum Gasteiger partial charge on any atom is 0.267 e. The maximum atomic E-state index is 11.7. The van der Waals surface area contributed by atoms with E-state index in [9.17, 15) is 4.79 Å². The Kier molecular flexibility index (Phi) is 2.72. The van der Waals surface area contributed by atoms with Crippen molar-refractivity contribution in [2.75, 3.05) is 6.54 Å². The van der Waals surface area contributed by atoms with Crippen LogP contribution in [0.3, 0.4) is 0 Å². The fourth-order valence-corrected chi connectivity index (χ4v) is 2.21. The van der Waals surface area contributed by atoms with Gasteiger partial charge in [-0.25, -0.2) is 4.98 Å². The minimum atomic E-state index is -0.130. The Hall–Kier alpha value is -2.34. The first-order valence-corrected chi connectivity index (χ1v) is 6.06. The van der Waals surface area contributed by atoms with E-state index in [1.807, 2.05) is 18.2 Å². The van der Waals surface area contributed by atoms with E-state index in [-0.39, 0.29) is 5.56 Å². The van der Waals surface area contributed by atoms with Crippen LogP contribution < -0.4 is 11.3 Å². The zero-order valence-corrected chi connectivity index (χ0v) is 10.5. The SMILES string of the molecule is Cc1nc2ccc(-c3[nH][nH]c(=O)c3CCN)cc2o1. The summed E-state index contributed by atoms with van der Waals surface area (Å²) in [4.78, 5) is 15.9. The van der Waals surface area contributed by atoms with Gasteiger partial charge >= 0.3 is 0 Å². The van der Waals surface area contributed by atoms with Crippen molar-refractivity contribution in [3.8, 4) is 11.3 Å². The van der Waals surface area contributed by atoms with Crippen molar-refractivity contribution in [3.63, 3.8) is 0 Å². The van der Waals surface area contributed by atoms with Crippen LogP contribution in [0.15, 0.2) is 27.4 Å². The quantitative estimate of drug-likeness (QED) is 0.659. The molecule has 0 unspecified atom stereocenters. The van der Waals surface area contributed by atoms with Crippen LogP contribution in [0.1, 0.15) is 11.5 Å². The summed E-state index contributed by atoms with van der Waals surface area (Å²) in [6.07, 6.45) is 0.529. The molecule has 6 heteroatoms. The number of nitrogens with two attached hydrogens (primary N) is 1. The van der Waals surface area contributed by atoms with Crippen molar-refractivity contribution in [1.82, 2.24) is 15.2 Å². The number of hydrogen-bond acceptors (Lipinski definition) is 4. The molecule has 0 aliphatic carbocycles. The van der Waals surface area contributed by atoms with Gasteiger partial charge in [0, 0.05) is 18.1 Å². The third kappa shape index (κ3) is 1.96. The fourth-order valence-electron chi connectivity index (χ4n) is 2.21. The predicted molar refractivity (Wildman–Crippen MR) is 71.9 cm³/mol. The molecule has 0 saturated carbocycles. The molecular formula is C13H14N4O2. The summed E-state index contributed by atoms with van der Waals surface area (Å²) in [6.45, 7) is 2.23. The second-order valence-corrected chi connectivity index (χ2v) is 4.39. The van der Waals surface area contributed by atoms with Crippen LogP contribution in [-0.4, -0.2) is 21.7 Å². The van der Waals surface area contributed by atoms with Gasteiger partial charge in [0.2, 0.25) is 0 Å². The molecule has 0 spiro atoms. The van der Waals surface area contributed by atoms with E-state index in [1.54, 1.807) is 6.92 Å². The minimum absolute atomic E-state index is 0.130. The van der Waals surface area contributed by atoms with E-state index in [2.05, 4.69) is 15.2 Å². The monoisotopic (exact) mass is 258 g/mol. The molecule has 6 nitrogen and oxygen atoms in total. The Bertz CT molecular complexity index is 781. The molecule has 2 aromatic heterocycles. The molecule has 0 saturated heterocycles. The van der Waals surface area contributed by atoms with Crippen LogP contribution in [0.4, 0.5) is 0 Å². The molecule has 0 fully saturated rings. The Labute approximate surface area is 108 Å². The number of rotatable bonds is 3. The number of aromatic amines is 2. The van der Waals surface area contributed by atoms with Gasteiger partial charge in [-0.15, -0.1) is 0 Å². The van der Waals surface area contributed by atoms with Crippen molar-refractivity contribution < 1.29 is 4.42 Å². The van der Waals surface area contributed by atoms with Gasteiger partial charge in [0.1, 0.15) is 5.52 Å². The van der Waals surface area contributed by atoms with Crippen molar-refractivity contribution in [2.24, 2.45) is 5.73 Å². The molecule has 0 amide bonds. The molecule has 4 N–H and O–H groups in total. The number of aryl methyl sites for hydroxylation is 1. The zero-order chi connectivity index (χ0) is 13.4. The lowest BCUT2D eigenvalue weighted by atomic mass is 10.1. The third-order valence-corrected chi connectivity index (χ3v) is 3.06. The number of fused-ring (bicyclic) bond motifs is 1. The van der Waals surface area contributed by atoms with Crippen LogP contribution in [0.5, 0.6) is 0 Å². The molecule has 3 rings (SSSR count). The molecule has 0 aliphatic heterocycles. The normalized spacial score (nSPS) is 11.3. The van der Waals surface area contributed by atoms with Gasteiger partial charge < -0.3 is 10.2 Å². The highest BCUT2D eigenvalue weighted by Crippen LogP contribution is 2.24. The standard InChI is InChI=1S/C13H14N4O2/c1-7-15-10-3-2-8(6-11(10)19-7)12-9(4-5-14)13(18)17-16-12/h2-3,6H,4-5,14H2,1H3,(H2,16,17,18). The molecule has 1 aromatic carbocycles. The van der Waals surface area contributed by atoms with Crippen LogP contribution in [-0.2, 0) is 6.42 Å². The predicted octanol–water partition coefficient (Wildman–Crippen LogP) is 1.32. The highest BCUT2D eigenvalue weighted by molar-refractivity contribution is 5.80. The molecule has 0 radical (unpaired) electrons. The first-order valence-electron chi connectivity index (χ1n) is 6.06. The van der Waals surface area contributed by atoms with Gasteiger partial charge in [-0.05, 0) is 25.1 Å². The highest BCUT2D eigenvalue weighted by Gasteiger charge is 2.12. The first kappa shape index (κ1) is 11.7. The van der Waals surface area contributed by atoms with Crippen molar-refractivity contribution in [2.45, 2.75) is 13.3 Å². The summed E-state index contributed by atoms with van der Waals surface area (Å²) < 4.78 is 5.50. The molecule has 19 heavy (non-hydrogen) atoms. The largest absolute Gasteiger partial charge is 0.441 e. The van der Waals surface area contributed by atoms with Crippen LogP contribution in [0.25, 0.3) is 22.4 Å². The lowest BCUT2D eigenvalue weighted by molar-refractivity contribution is 0.561. The lowest BCUT2D eigenvalue weighted by Gasteiger charge is -2.01. The third-order valence-electron chi connectivity index (χ3n) is 3.06. The summed E-state index contributed by atoms with van der Waals surface area (Å²) in [5.41, 5.74) is 9.21. The molecule has 0 bridgehead atoms. The average molecular weight is 258 g/mol. The van der Waals surface area contributed by atoms with Crippen LogP contribution >= 0.6 is 0 Å². The highest BCUT2D eigenvalue weighted by atomic mass is 16.3. The summed E-state index contributed by atoms with van der Waals surface area (Å²) >= 11 is 0. The van der Waals surface area contributed by atoms with Crippen molar-refractivity contribution in [1.29, 1.82) is 0 Å². The Morgan fingerprint density at radius 3 is 3.00 bits per heavy atom. The number of aromatic nitrogens is 3. The fraction of sp³-hybridized carbons (Fsp3) is 0.231. The van der Waals surface area contributed by atoms with Gasteiger partial charge in [0.25, 0.3) is 5.56 Å². The van der Waals surface area contributed by atoms with E-state index in [0.29, 0.717) is 30.0 Å². The van der Waals surface area contributed by atoms with Gasteiger partial charge in [-0.3, -0.25) is 15.0 Å². The van der Waals surface area contributed by atoms with E-state index >= 15 is 0 Å². The number of nitrogens with one attached hydrogen (secondary N) is 2. The Morgan fingerprint density at radius 1 is 1.37 bits per heavy atom. The van der Waals surface area contributed by atoms with Gasteiger partial charge in [-0.2, -0.15) is 0 Å². The minimum Gasteiger partial charge on any atom is -0.441 e. The Balaban J connectivity index is 2.15. The molecule has 3 aromatic rings. The lowest BCUT2D eigenvalue weighted by Crippen LogP contribution is -2.12. The number of oxazole rings is 1. The Morgan fingerprint density at radius 2 is 2.21 bits per heavy atom. The maximum absolute atomic E-state index is 11.7. The first-order chi connectivity index (χ1) is 9.19. The number of hydrogen-bond donors (Lipinski definition) is 3. The molecule has 2 heterocycles. The van der Waals surface area contributed by atoms with E-state index in [1.165, 1.54) is 0 Å². The average Bonchev–Trinajstić information content (AvgIpc) is 2.92. The zero-order valence-electron chi connectivity index (χ0n) is 10.5. The molecule has 0 aliphatic rings. The van der Waals surface area contributed by atoms with Crippen molar-refractivity contribution >= 4 is 11.1 Å². The van der Waals surface area contributed by atoms with Gasteiger partial charge in [0.15, 0.2) is 11.5 Å². The smallest absolute Gasteiger partial charge is 0.267 e. The summed E-state index contributed by atoms with van der Waals surface area (Å²) in [5, 5.41) is 5.48. The van der Waals surface area contributed by atoms with E-state index < -0.39 is 0 Å². The molecule has 0 atom stereocenters. The second-order valence-electron chi connectivity index (χ2n) is 4.39. The summed E-state index contributed by atoms with van der Waals surface area (Å²) in [7, 11) is 0. The van der Waals surface area contributed by atoms with Crippen LogP contribution in [0.2, 0.25) is 0 Å². The summed E-state index contributed by atoms with van der Waals surface area (Å²) in [6, 6.07) is 5.65. The van der Waals surface area contributed by atoms with Crippen LogP contribution in [0, 0.1) is 6.92 Å². The summed E-state index contributed by atoms with van der Waals surface area (Å²) in [5.74, 6) is 0.622. The topological polar surface area (TPSA) is 101 Å². The van der Waals surface area contributed by atoms with E-state index in [4.69, 9.17) is 10.2 Å². The molecular weight excluding hydrogens is 244 g/mol. The van der Waals surface area contributed by atoms with Crippen molar-refractivity contribution in [3.05, 3.63) is 40.0 Å². The van der Waals surface area contributed by atoms with Gasteiger partial charge in [-0.1, -0.05) is 6.07 Å². The van der Waals surface area contributed by atoms with Gasteiger partial charge in [0.05, 0.1) is 5.69 Å². The number of H-pyrrole nitrogens is 2. The second kappa shape index (κ2) is 4.40. The number of nitrogens with zero attached hydrogens (tertiary/aromatic N) is 1. The number of benzene rings is 1. The molecule has 98 valence electrons. The van der Waals surface area contributed by atoms with E-state index in [0.717, 1.165) is 16.8 Å².